The van der Waals surface area contributed by atoms with Gasteiger partial charge in [-0.3, -0.25) is 4.79 Å². The van der Waals surface area contributed by atoms with E-state index in [1.807, 2.05) is 54.6 Å². The van der Waals surface area contributed by atoms with Gasteiger partial charge in [-0.25, -0.2) is 0 Å². The van der Waals surface area contributed by atoms with Crippen LogP contribution in [0.2, 0.25) is 0 Å². The maximum Gasteiger partial charge on any atom is 0.265 e. The van der Waals surface area contributed by atoms with Gasteiger partial charge in [-0.15, -0.1) is 0 Å². The summed E-state index contributed by atoms with van der Waals surface area (Å²) in [6.45, 7) is 2.32. The molecule has 0 saturated heterocycles. The Morgan fingerprint density at radius 2 is 1.95 bits per heavy atom. The highest BCUT2D eigenvalue weighted by Crippen LogP contribution is 2.16. The summed E-state index contributed by atoms with van der Waals surface area (Å²) in [4.78, 5) is 12.1. The molecule has 0 saturated carbocycles. The Morgan fingerprint density at radius 3 is 2.67 bits per heavy atom. The predicted molar refractivity (Wildman–Crippen MR) is 84.4 cm³/mol. The third-order valence-corrected chi connectivity index (χ3v) is 3.05. The molecule has 1 amide bonds. The number of para-hydroxylation sites is 1. The van der Waals surface area contributed by atoms with Crippen LogP contribution in [0.5, 0.6) is 5.75 Å². The molecule has 2 aromatic rings. The van der Waals surface area contributed by atoms with Gasteiger partial charge in [-0.05, 0) is 49.7 Å². The van der Waals surface area contributed by atoms with E-state index >= 15 is 0 Å². The second-order valence-corrected chi connectivity index (χ2v) is 4.80. The summed E-state index contributed by atoms with van der Waals surface area (Å²) in [6.07, 6.45) is 0.222. The first-order valence-electron chi connectivity index (χ1n) is 7.00. The molecule has 0 aliphatic carbocycles. The van der Waals surface area contributed by atoms with Crippen LogP contribution in [-0.4, -0.2) is 18.6 Å². The van der Waals surface area contributed by atoms with E-state index in [4.69, 9.17) is 10.5 Å². The molecule has 2 rings (SSSR count). The number of nitrogens with one attached hydrogen (secondary N) is 1. The lowest BCUT2D eigenvalue weighted by Crippen LogP contribution is -2.30. The number of amides is 1. The summed E-state index contributed by atoms with van der Waals surface area (Å²) >= 11 is 0. The van der Waals surface area contributed by atoms with Crippen molar-refractivity contribution in [1.82, 2.24) is 0 Å². The molecule has 0 spiro atoms. The Bertz CT molecular complexity index is 584. The van der Waals surface area contributed by atoms with Crippen molar-refractivity contribution in [3.63, 3.8) is 0 Å². The Kier molecular flexibility index (Phi) is 5.35. The summed E-state index contributed by atoms with van der Waals surface area (Å²) in [5, 5.41) is 2.82. The molecule has 4 nitrogen and oxygen atoms in total. The molecular formula is C17H20N2O2. The largest absolute Gasteiger partial charge is 0.481 e. The fourth-order valence-corrected chi connectivity index (χ4v) is 1.96. The minimum Gasteiger partial charge on any atom is -0.481 e. The first-order chi connectivity index (χ1) is 10.2. The smallest absolute Gasteiger partial charge is 0.265 e. The van der Waals surface area contributed by atoms with E-state index in [9.17, 15) is 4.79 Å². The number of carbonyl (C=O) groups excluding carboxylic acids is 1. The lowest BCUT2D eigenvalue weighted by atomic mass is 10.1. The van der Waals surface area contributed by atoms with Crippen LogP contribution in [0.25, 0.3) is 0 Å². The van der Waals surface area contributed by atoms with Gasteiger partial charge in [-0.2, -0.15) is 0 Å². The molecule has 1 unspecified atom stereocenters. The number of rotatable bonds is 6. The van der Waals surface area contributed by atoms with Gasteiger partial charge in [0.2, 0.25) is 0 Å². The minimum absolute atomic E-state index is 0.176. The molecule has 0 aliphatic heterocycles. The third kappa shape index (κ3) is 4.61. The molecule has 3 N–H and O–H groups in total. The molecule has 0 bridgehead atoms. The number of anilines is 1. The standard InChI is InChI=1S/C17H20N2O2/c1-13(17(20)19-15-7-3-2-4-8-15)21-16-9-5-6-14(12-16)10-11-18/h2-9,12-13H,10-11,18H2,1H3,(H,19,20). The molecule has 4 heteroatoms. The summed E-state index contributed by atoms with van der Waals surface area (Å²) in [5.74, 6) is 0.502. The Morgan fingerprint density at radius 1 is 1.19 bits per heavy atom. The van der Waals surface area contributed by atoms with E-state index in [0.29, 0.717) is 12.3 Å². The molecule has 2 aromatic carbocycles. The van der Waals surface area contributed by atoms with Crippen LogP contribution < -0.4 is 15.8 Å². The molecule has 0 fully saturated rings. The quantitative estimate of drug-likeness (QED) is 0.857. The van der Waals surface area contributed by atoms with Gasteiger partial charge in [-0.1, -0.05) is 30.3 Å². The van der Waals surface area contributed by atoms with Crippen molar-refractivity contribution in [2.75, 3.05) is 11.9 Å². The summed E-state index contributed by atoms with van der Waals surface area (Å²) in [6, 6.07) is 17.0. The van der Waals surface area contributed by atoms with Crippen LogP contribution in [0.15, 0.2) is 54.6 Å². The SMILES string of the molecule is CC(Oc1cccc(CCN)c1)C(=O)Nc1ccccc1. The Hall–Kier alpha value is -2.33. The van der Waals surface area contributed by atoms with Gasteiger partial charge in [0.25, 0.3) is 5.91 Å². The van der Waals surface area contributed by atoms with E-state index in [1.165, 1.54) is 0 Å². The molecule has 0 aromatic heterocycles. The Labute approximate surface area is 124 Å². The van der Waals surface area contributed by atoms with Crippen LogP contribution in [0.1, 0.15) is 12.5 Å². The topological polar surface area (TPSA) is 64.3 Å². The Balaban J connectivity index is 1.95. The first-order valence-corrected chi connectivity index (χ1v) is 7.00. The summed E-state index contributed by atoms with van der Waals surface area (Å²) in [5.41, 5.74) is 7.40. The molecule has 1 atom stereocenters. The summed E-state index contributed by atoms with van der Waals surface area (Å²) in [7, 11) is 0. The highest BCUT2D eigenvalue weighted by atomic mass is 16.5. The highest BCUT2D eigenvalue weighted by Gasteiger charge is 2.14. The van der Waals surface area contributed by atoms with Crippen molar-refractivity contribution in [3.05, 3.63) is 60.2 Å². The third-order valence-electron chi connectivity index (χ3n) is 3.05. The van der Waals surface area contributed by atoms with Crippen molar-refractivity contribution in [2.24, 2.45) is 5.73 Å². The zero-order valence-electron chi connectivity index (χ0n) is 12.1. The highest BCUT2D eigenvalue weighted by molar-refractivity contribution is 5.94. The van der Waals surface area contributed by atoms with Gasteiger partial charge in [0.1, 0.15) is 5.75 Å². The maximum atomic E-state index is 12.1. The zero-order valence-corrected chi connectivity index (χ0v) is 12.1. The minimum atomic E-state index is -0.571. The van der Waals surface area contributed by atoms with E-state index in [0.717, 1.165) is 17.7 Å². The maximum absolute atomic E-state index is 12.1. The van der Waals surface area contributed by atoms with Crippen molar-refractivity contribution in [3.8, 4) is 5.75 Å². The molecular weight excluding hydrogens is 264 g/mol. The first kappa shape index (κ1) is 15.1. The van der Waals surface area contributed by atoms with E-state index in [2.05, 4.69) is 5.32 Å². The number of carbonyl (C=O) groups is 1. The van der Waals surface area contributed by atoms with Crippen molar-refractivity contribution in [1.29, 1.82) is 0 Å². The molecule has 21 heavy (non-hydrogen) atoms. The molecule has 0 aliphatic rings. The monoisotopic (exact) mass is 284 g/mol. The fraction of sp³-hybridized carbons (Fsp3) is 0.235. The van der Waals surface area contributed by atoms with Crippen LogP contribution in [0.4, 0.5) is 5.69 Å². The lowest BCUT2D eigenvalue weighted by molar-refractivity contribution is -0.122. The van der Waals surface area contributed by atoms with Crippen LogP contribution in [0, 0.1) is 0 Å². The lowest BCUT2D eigenvalue weighted by Gasteiger charge is -2.15. The second kappa shape index (κ2) is 7.45. The summed E-state index contributed by atoms with van der Waals surface area (Å²) < 4.78 is 5.68. The average molecular weight is 284 g/mol. The number of ether oxygens (including phenoxy) is 1. The van der Waals surface area contributed by atoms with Gasteiger partial charge < -0.3 is 15.8 Å². The fourth-order valence-electron chi connectivity index (χ4n) is 1.96. The van der Waals surface area contributed by atoms with Gasteiger partial charge in [0, 0.05) is 5.69 Å². The number of benzene rings is 2. The number of nitrogens with two attached hydrogens (primary N) is 1. The number of hydrogen-bond acceptors (Lipinski definition) is 3. The van der Waals surface area contributed by atoms with Crippen molar-refractivity contribution < 1.29 is 9.53 Å². The van der Waals surface area contributed by atoms with E-state index in [-0.39, 0.29) is 5.91 Å². The predicted octanol–water partition coefficient (Wildman–Crippen LogP) is 2.59. The molecule has 110 valence electrons. The average Bonchev–Trinajstić information content (AvgIpc) is 2.49. The zero-order chi connectivity index (χ0) is 15.1. The van der Waals surface area contributed by atoms with Crippen LogP contribution in [-0.2, 0) is 11.2 Å². The number of hydrogen-bond donors (Lipinski definition) is 2. The van der Waals surface area contributed by atoms with Gasteiger partial charge >= 0.3 is 0 Å². The molecule has 0 heterocycles. The second-order valence-electron chi connectivity index (χ2n) is 4.80. The van der Waals surface area contributed by atoms with Crippen LogP contribution in [0.3, 0.4) is 0 Å². The van der Waals surface area contributed by atoms with E-state index in [1.54, 1.807) is 6.92 Å². The normalized spacial score (nSPS) is 11.7. The van der Waals surface area contributed by atoms with Crippen molar-refractivity contribution >= 4 is 11.6 Å². The van der Waals surface area contributed by atoms with Crippen LogP contribution >= 0.6 is 0 Å². The molecule has 0 radical (unpaired) electrons. The van der Waals surface area contributed by atoms with Gasteiger partial charge in [0.15, 0.2) is 6.10 Å². The van der Waals surface area contributed by atoms with E-state index < -0.39 is 6.10 Å². The van der Waals surface area contributed by atoms with Gasteiger partial charge in [0.05, 0.1) is 0 Å². The van der Waals surface area contributed by atoms with Crippen molar-refractivity contribution in [2.45, 2.75) is 19.4 Å².